The number of nitrogens with one attached hydrogen (secondary N) is 2. The quantitative estimate of drug-likeness (QED) is 0.828. The van der Waals surface area contributed by atoms with E-state index in [1.54, 1.807) is 12.4 Å². The van der Waals surface area contributed by atoms with Crippen LogP contribution in [0.5, 0.6) is 0 Å². The van der Waals surface area contributed by atoms with E-state index in [0.29, 0.717) is 11.5 Å². The van der Waals surface area contributed by atoms with Gasteiger partial charge in [-0.25, -0.2) is 9.97 Å². The molecule has 0 radical (unpaired) electrons. The summed E-state index contributed by atoms with van der Waals surface area (Å²) in [6.45, 7) is 3.19. The van der Waals surface area contributed by atoms with Crippen molar-refractivity contribution >= 4 is 23.2 Å². The van der Waals surface area contributed by atoms with Gasteiger partial charge in [-0.1, -0.05) is 31.4 Å². The zero-order valence-corrected chi connectivity index (χ0v) is 16.1. The molecule has 0 unspecified atom stereocenters. The maximum absolute atomic E-state index is 12.4. The summed E-state index contributed by atoms with van der Waals surface area (Å²) in [5.74, 6) is 0.391. The van der Waals surface area contributed by atoms with Crippen molar-refractivity contribution in [3.8, 4) is 0 Å². The first kappa shape index (κ1) is 18.7. The third-order valence-electron chi connectivity index (χ3n) is 5.36. The predicted molar refractivity (Wildman–Crippen MR) is 109 cm³/mol. The summed E-state index contributed by atoms with van der Waals surface area (Å²) in [6, 6.07) is 8.38. The molecule has 7 nitrogen and oxygen atoms in total. The molecule has 1 aromatic carbocycles. The van der Waals surface area contributed by atoms with Gasteiger partial charge in [0.2, 0.25) is 5.95 Å². The number of hydrogen-bond acceptors (Lipinski definition) is 6. The van der Waals surface area contributed by atoms with Gasteiger partial charge in [0.1, 0.15) is 0 Å². The van der Waals surface area contributed by atoms with Crippen molar-refractivity contribution in [3.63, 3.8) is 0 Å². The summed E-state index contributed by atoms with van der Waals surface area (Å²) >= 11 is 0. The number of nitrogens with zero attached hydrogens (tertiary/aromatic N) is 3. The normalized spacial score (nSPS) is 17.9. The van der Waals surface area contributed by atoms with Gasteiger partial charge < -0.3 is 20.3 Å². The Hall–Kier alpha value is -2.67. The average molecular weight is 381 g/mol. The van der Waals surface area contributed by atoms with Gasteiger partial charge >= 0.3 is 0 Å². The SMILES string of the molecule is O=C(NC1CCCCC1)c1cnc(Nc2ccccc2N2CCOCC2)nc1. The van der Waals surface area contributed by atoms with Crippen LogP contribution in [-0.4, -0.2) is 48.2 Å². The van der Waals surface area contributed by atoms with Crippen molar-refractivity contribution in [1.82, 2.24) is 15.3 Å². The van der Waals surface area contributed by atoms with Crippen LogP contribution in [0, 0.1) is 0 Å². The molecular weight excluding hydrogens is 354 g/mol. The highest BCUT2D eigenvalue weighted by Gasteiger charge is 2.18. The maximum atomic E-state index is 12.4. The van der Waals surface area contributed by atoms with E-state index in [4.69, 9.17) is 4.74 Å². The molecule has 2 fully saturated rings. The van der Waals surface area contributed by atoms with Gasteiger partial charge in [-0.3, -0.25) is 4.79 Å². The van der Waals surface area contributed by atoms with Crippen molar-refractivity contribution in [1.29, 1.82) is 0 Å². The molecule has 28 heavy (non-hydrogen) atoms. The van der Waals surface area contributed by atoms with E-state index >= 15 is 0 Å². The number of aromatic nitrogens is 2. The van der Waals surface area contributed by atoms with Crippen LogP contribution < -0.4 is 15.5 Å². The minimum atomic E-state index is -0.0906. The van der Waals surface area contributed by atoms with Crippen LogP contribution in [0.3, 0.4) is 0 Å². The fourth-order valence-corrected chi connectivity index (χ4v) is 3.81. The molecule has 4 rings (SSSR count). The van der Waals surface area contributed by atoms with E-state index < -0.39 is 0 Å². The third kappa shape index (κ3) is 4.59. The van der Waals surface area contributed by atoms with Gasteiger partial charge in [0.05, 0.1) is 30.2 Å². The molecular formula is C21H27N5O2. The first-order valence-corrected chi connectivity index (χ1v) is 10.1. The lowest BCUT2D eigenvalue weighted by Crippen LogP contribution is -2.36. The van der Waals surface area contributed by atoms with Crippen LogP contribution in [0.4, 0.5) is 17.3 Å². The van der Waals surface area contributed by atoms with Gasteiger partial charge in [0.15, 0.2) is 0 Å². The average Bonchev–Trinajstić information content (AvgIpc) is 2.76. The Labute approximate surface area is 165 Å². The van der Waals surface area contributed by atoms with E-state index in [0.717, 1.165) is 50.5 Å². The van der Waals surface area contributed by atoms with Crippen LogP contribution in [-0.2, 0) is 4.74 Å². The standard InChI is InChI=1S/C21H27N5O2/c27-20(24-17-6-2-1-3-7-17)16-14-22-21(23-15-16)25-18-8-4-5-9-19(18)26-10-12-28-13-11-26/h4-5,8-9,14-15,17H,1-3,6-7,10-13H2,(H,24,27)(H,22,23,25). The summed E-state index contributed by atoms with van der Waals surface area (Å²) in [5.41, 5.74) is 2.55. The summed E-state index contributed by atoms with van der Waals surface area (Å²) in [5, 5.41) is 6.38. The van der Waals surface area contributed by atoms with Crippen LogP contribution in [0.1, 0.15) is 42.5 Å². The lowest BCUT2D eigenvalue weighted by Gasteiger charge is -2.30. The summed E-state index contributed by atoms with van der Waals surface area (Å²) in [6.07, 6.45) is 8.94. The highest BCUT2D eigenvalue weighted by Crippen LogP contribution is 2.28. The first-order valence-electron chi connectivity index (χ1n) is 10.1. The largest absolute Gasteiger partial charge is 0.378 e. The Balaban J connectivity index is 1.41. The van der Waals surface area contributed by atoms with Crippen LogP contribution in [0.25, 0.3) is 0 Å². The second-order valence-corrected chi connectivity index (χ2v) is 7.35. The zero-order valence-electron chi connectivity index (χ0n) is 16.1. The van der Waals surface area contributed by atoms with Crippen molar-refractivity contribution in [3.05, 3.63) is 42.2 Å². The van der Waals surface area contributed by atoms with E-state index in [-0.39, 0.29) is 11.9 Å². The van der Waals surface area contributed by atoms with E-state index in [1.165, 1.54) is 19.3 Å². The molecule has 0 bridgehead atoms. The molecule has 7 heteroatoms. The summed E-state index contributed by atoms with van der Waals surface area (Å²) in [4.78, 5) is 23.4. The first-order chi connectivity index (χ1) is 13.8. The minimum Gasteiger partial charge on any atom is -0.378 e. The molecule has 148 valence electrons. The number of ether oxygens (including phenoxy) is 1. The number of para-hydroxylation sites is 2. The van der Waals surface area contributed by atoms with Crippen LogP contribution >= 0.6 is 0 Å². The second-order valence-electron chi connectivity index (χ2n) is 7.35. The number of rotatable bonds is 5. The molecule has 1 aliphatic carbocycles. The van der Waals surface area contributed by atoms with E-state index in [1.807, 2.05) is 18.2 Å². The van der Waals surface area contributed by atoms with Gasteiger partial charge in [-0.2, -0.15) is 0 Å². The van der Waals surface area contributed by atoms with Crippen LogP contribution in [0.15, 0.2) is 36.7 Å². The molecule has 2 aromatic rings. The molecule has 1 saturated heterocycles. The topological polar surface area (TPSA) is 79.4 Å². The molecule has 1 amide bonds. The monoisotopic (exact) mass is 381 g/mol. The van der Waals surface area contributed by atoms with Gasteiger partial charge in [0.25, 0.3) is 5.91 Å². The Morgan fingerprint density at radius 1 is 1.04 bits per heavy atom. The number of hydrogen-bond donors (Lipinski definition) is 2. The van der Waals surface area contributed by atoms with Crippen molar-refractivity contribution in [2.75, 3.05) is 36.5 Å². The predicted octanol–water partition coefficient (Wildman–Crippen LogP) is 3.12. The maximum Gasteiger partial charge on any atom is 0.254 e. The molecule has 1 aliphatic heterocycles. The zero-order chi connectivity index (χ0) is 19.2. The lowest BCUT2D eigenvalue weighted by atomic mass is 9.95. The van der Waals surface area contributed by atoms with Crippen molar-refractivity contribution in [2.24, 2.45) is 0 Å². The fourth-order valence-electron chi connectivity index (χ4n) is 3.81. The molecule has 1 saturated carbocycles. The highest BCUT2D eigenvalue weighted by atomic mass is 16.5. The van der Waals surface area contributed by atoms with Crippen molar-refractivity contribution in [2.45, 2.75) is 38.1 Å². The number of morpholine rings is 1. The highest BCUT2D eigenvalue weighted by molar-refractivity contribution is 5.93. The van der Waals surface area contributed by atoms with E-state index in [9.17, 15) is 4.79 Å². The number of benzene rings is 1. The Morgan fingerprint density at radius 3 is 2.50 bits per heavy atom. The molecule has 2 heterocycles. The summed E-state index contributed by atoms with van der Waals surface area (Å²) in [7, 11) is 0. The molecule has 0 atom stereocenters. The smallest absolute Gasteiger partial charge is 0.254 e. The summed E-state index contributed by atoms with van der Waals surface area (Å²) < 4.78 is 5.44. The molecule has 2 N–H and O–H groups in total. The van der Waals surface area contributed by atoms with Gasteiger partial charge in [0, 0.05) is 31.5 Å². The Bertz CT molecular complexity index is 784. The third-order valence-corrected chi connectivity index (χ3v) is 5.36. The Kier molecular flexibility index (Phi) is 6.01. The lowest BCUT2D eigenvalue weighted by molar-refractivity contribution is 0.0927. The molecule has 2 aliphatic rings. The molecule has 1 aromatic heterocycles. The fraction of sp³-hybridized carbons (Fsp3) is 0.476. The second kappa shape index (κ2) is 9.01. The van der Waals surface area contributed by atoms with Gasteiger partial charge in [-0.15, -0.1) is 0 Å². The van der Waals surface area contributed by atoms with E-state index in [2.05, 4.69) is 31.6 Å². The minimum absolute atomic E-state index is 0.0906. The van der Waals surface area contributed by atoms with Crippen molar-refractivity contribution < 1.29 is 9.53 Å². The number of carbonyl (C=O) groups is 1. The number of anilines is 3. The van der Waals surface area contributed by atoms with Crippen LogP contribution in [0.2, 0.25) is 0 Å². The molecule has 0 spiro atoms. The Morgan fingerprint density at radius 2 is 1.75 bits per heavy atom. The van der Waals surface area contributed by atoms with Gasteiger partial charge in [-0.05, 0) is 25.0 Å². The number of carbonyl (C=O) groups excluding carboxylic acids is 1. The number of amides is 1.